The third kappa shape index (κ3) is 1.28. The molecule has 16 heavy (non-hydrogen) atoms. The number of nitrogens with zero attached hydrogens (tertiary/aromatic N) is 1. The first kappa shape index (κ1) is 9.85. The Morgan fingerprint density at radius 3 is 2.88 bits per heavy atom. The van der Waals surface area contributed by atoms with Gasteiger partial charge in [0.1, 0.15) is 5.66 Å². The number of benzene rings is 1. The summed E-state index contributed by atoms with van der Waals surface area (Å²) in [5, 5.41) is 3.55. The standard InChI is InChI=1S/C13H16N2O/c16-12-7-8-13(11-5-2-1-3-6-11)14-9-4-10-15(12)13/h1-3,5-6,14H,4,7-10H2. The zero-order chi connectivity index (χ0) is 11.0. The lowest BCUT2D eigenvalue weighted by molar-refractivity contribution is -0.133. The molecule has 1 unspecified atom stereocenters. The molecule has 1 aromatic rings. The smallest absolute Gasteiger partial charge is 0.224 e. The van der Waals surface area contributed by atoms with Crippen LogP contribution < -0.4 is 5.32 Å². The minimum Gasteiger partial charge on any atom is -0.320 e. The summed E-state index contributed by atoms with van der Waals surface area (Å²) in [4.78, 5) is 13.9. The fourth-order valence-corrected chi connectivity index (χ4v) is 2.92. The van der Waals surface area contributed by atoms with E-state index in [1.807, 2.05) is 23.1 Å². The maximum Gasteiger partial charge on any atom is 0.224 e. The monoisotopic (exact) mass is 216 g/mol. The van der Waals surface area contributed by atoms with Crippen LogP contribution in [0.1, 0.15) is 24.8 Å². The molecule has 1 N–H and O–H groups in total. The van der Waals surface area contributed by atoms with Crippen molar-refractivity contribution >= 4 is 5.91 Å². The Morgan fingerprint density at radius 2 is 2.06 bits per heavy atom. The van der Waals surface area contributed by atoms with Crippen LogP contribution in [-0.4, -0.2) is 23.9 Å². The van der Waals surface area contributed by atoms with E-state index >= 15 is 0 Å². The third-order valence-corrected chi connectivity index (χ3v) is 3.69. The summed E-state index contributed by atoms with van der Waals surface area (Å²) in [6.07, 6.45) is 2.62. The van der Waals surface area contributed by atoms with Crippen molar-refractivity contribution in [1.82, 2.24) is 10.2 Å². The van der Waals surface area contributed by atoms with E-state index in [9.17, 15) is 4.79 Å². The van der Waals surface area contributed by atoms with Crippen molar-refractivity contribution in [3.8, 4) is 0 Å². The largest absolute Gasteiger partial charge is 0.320 e. The highest BCUT2D eigenvalue weighted by Crippen LogP contribution is 2.38. The van der Waals surface area contributed by atoms with Crippen LogP contribution in [0.4, 0.5) is 0 Å². The van der Waals surface area contributed by atoms with Crippen molar-refractivity contribution < 1.29 is 4.79 Å². The first-order valence-corrected chi connectivity index (χ1v) is 5.94. The van der Waals surface area contributed by atoms with Crippen LogP contribution in [0.25, 0.3) is 0 Å². The maximum absolute atomic E-state index is 11.9. The van der Waals surface area contributed by atoms with E-state index in [2.05, 4.69) is 17.4 Å². The lowest BCUT2D eigenvalue weighted by Crippen LogP contribution is -2.58. The van der Waals surface area contributed by atoms with E-state index in [4.69, 9.17) is 0 Å². The predicted octanol–water partition coefficient (Wildman–Crippen LogP) is 1.46. The summed E-state index contributed by atoms with van der Waals surface area (Å²) in [5.41, 5.74) is 1.01. The molecule has 3 nitrogen and oxygen atoms in total. The average Bonchev–Trinajstić information content (AvgIpc) is 2.70. The van der Waals surface area contributed by atoms with Crippen LogP contribution in [0.3, 0.4) is 0 Å². The quantitative estimate of drug-likeness (QED) is 0.770. The molecule has 2 fully saturated rings. The molecule has 1 atom stereocenters. The average molecular weight is 216 g/mol. The molecule has 2 heterocycles. The number of rotatable bonds is 1. The number of fused-ring (bicyclic) bond motifs is 1. The number of carbonyl (C=O) groups is 1. The first-order chi connectivity index (χ1) is 7.83. The van der Waals surface area contributed by atoms with Gasteiger partial charge in [-0.1, -0.05) is 30.3 Å². The van der Waals surface area contributed by atoms with Gasteiger partial charge in [-0.05, 0) is 24.9 Å². The second-order valence-corrected chi connectivity index (χ2v) is 4.55. The molecule has 0 spiro atoms. The topological polar surface area (TPSA) is 32.3 Å². The summed E-state index contributed by atoms with van der Waals surface area (Å²) in [6.45, 7) is 1.89. The van der Waals surface area contributed by atoms with Gasteiger partial charge in [0.25, 0.3) is 0 Å². The van der Waals surface area contributed by atoms with Gasteiger partial charge < -0.3 is 4.90 Å². The lowest BCUT2D eigenvalue weighted by atomic mass is 9.94. The Balaban J connectivity index is 2.04. The molecule has 0 radical (unpaired) electrons. The number of nitrogens with one attached hydrogen (secondary N) is 1. The van der Waals surface area contributed by atoms with Gasteiger partial charge in [0.15, 0.2) is 0 Å². The molecular weight excluding hydrogens is 200 g/mol. The number of hydrogen-bond donors (Lipinski definition) is 1. The highest BCUT2D eigenvalue weighted by Gasteiger charge is 2.47. The minimum absolute atomic E-state index is 0.212. The Bertz CT molecular complexity index is 404. The van der Waals surface area contributed by atoms with E-state index in [-0.39, 0.29) is 11.6 Å². The van der Waals surface area contributed by atoms with Gasteiger partial charge in [-0.15, -0.1) is 0 Å². The summed E-state index contributed by atoms with van der Waals surface area (Å²) < 4.78 is 0. The minimum atomic E-state index is -0.212. The molecule has 2 saturated heterocycles. The summed E-state index contributed by atoms with van der Waals surface area (Å²) >= 11 is 0. The van der Waals surface area contributed by atoms with Crippen molar-refractivity contribution in [1.29, 1.82) is 0 Å². The lowest BCUT2D eigenvalue weighted by Gasteiger charge is -2.43. The van der Waals surface area contributed by atoms with Crippen LogP contribution in [0.5, 0.6) is 0 Å². The van der Waals surface area contributed by atoms with E-state index in [0.717, 1.165) is 25.9 Å². The van der Waals surface area contributed by atoms with Crippen molar-refractivity contribution in [2.45, 2.75) is 24.9 Å². The highest BCUT2D eigenvalue weighted by atomic mass is 16.2. The van der Waals surface area contributed by atoms with E-state index in [1.165, 1.54) is 5.56 Å². The van der Waals surface area contributed by atoms with Gasteiger partial charge in [-0.25, -0.2) is 0 Å². The van der Waals surface area contributed by atoms with E-state index < -0.39 is 0 Å². The van der Waals surface area contributed by atoms with Crippen molar-refractivity contribution in [3.05, 3.63) is 35.9 Å². The summed E-state index contributed by atoms with van der Waals surface area (Å²) in [7, 11) is 0. The first-order valence-electron chi connectivity index (χ1n) is 5.94. The number of hydrogen-bond acceptors (Lipinski definition) is 2. The maximum atomic E-state index is 11.9. The van der Waals surface area contributed by atoms with Crippen LogP contribution in [0.2, 0.25) is 0 Å². The molecular formula is C13H16N2O. The normalized spacial score (nSPS) is 29.2. The zero-order valence-corrected chi connectivity index (χ0v) is 9.28. The Hall–Kier alpha value is -1.35. The van der Waals surface area contributed by atoms with Gasteiger partial charge in [0.05, 0.1) is 0 Å². The van der Waals surface area contributed by atoms with Gasteiger partial charge in [-0.3, -0.25) is 10.1 Å². The predicted molar refractivity (Wildman–Crippen MR) is 61.7 cm³/mol. The van der Waals surface area contributed by atoms with Crippen molar-refractivity contribution in [2.24, 2.45) is 0 Å². The van der Waals surface area contributed by atoms with Crippen LogP contribution in [0, 0.1) is 0 Å². The molecule has 1 amide bonds. The third-order valence-electron chi connectivity index (χ3n) is 3.69. The Kier molecular flexibility index (Phi) is 2.21. The SMILES string of the molecule is O=C1CCC2(c3ccccc3)NCCCN12. The second kappa shape index (κ2) is 3.59. The molecule has 3 rings (SSSR count). The molecule has 3 heteroatoms. The highest BCUT2D eigenvalue weighted by molar-refractivity contribution is 5.80. The molecule has 84 valence electrons. The van der Waals surface area contributed by atoms with Crippen molar-refractivity contribution in [2.75, 3.05) is 13.1 Å². The second-order valence-electron chi connectivity index (χ2n) is 4.55. The van der Waals surface area contributed by atoms with Crippen LogP contribution in [0.15, 0.2) is 30.3 Å². The Morgan fingerprint density at radius 1 is 1.25 bits per heavy atom. The molecule has 0 aliphatic carbocycles. The molecule has 0 bridgehead atoms. The number of carbonyl (C=O) groups excluding carboxylic acids is 1. The summed E-state index contributed by atoms with van der Waals surface area (Å²) in [6, 6.07) is 10.3. The number of amides is 1. The fourth-order valence-electron chi connectivity index (χ4n) is 2.92. The molecule has 1 aromatic carbocycles. The van der Waals surface area contributed by atoms with Crippen LogP contribution >= 0.6 is 0 Å². The van der Waals surface area contributed by atoms with E-state index in [1.54, 1.807) is 0 Å². The molecule has 2 aliphatic heterocycles. The molecule has 2 aliphatic rings. The summed E-state index contributed by atoms with van der Waals surface area (Å²) in [5.74, 6) is 0.288. The van der Waals surface area contributed by atoms with Gasteiger partial charge >= 0.3 is 0 Å². The van der Waals surface area contributed by atoms with Gasteiger partial charge in [-0.2, -0.15) is 0 Å². The van der Waals surface area contributed by atoms with Gasteiger partial charge in [0.2, 0.25) is 5.91 Å². The Labute approximate surface area is 95.4 Å². The van der Waals surface area contributed by atoms with Gasteiger partial charge in [0, 0.05) is 13.0 Å². The van der Waals surface area contributed by atoms with Crippen molar-refractivity contribution in [3.63, 3.8) is 0 Å². The molecule has 0 aromatic heterocycles. The zero-order valence-electron chi connectivity index (χ0n) is 9.28. The van der Waals surface area contributed by atoms with Crippen LogP contribution in [-0.2, 0) is 10.5 Å². The van der Waals surface area contributed by atoms with E-state index in [0.29, 0.717) is 6.42 Å². The molecule has 0 saturated carbocycles. The fraction of sp³-hybridized carbons (Fsp3) is 0.462.